The molecule has 0 radical (unpaired) electrons. The van der Waals surface area contributed by atoms with Crippen molar-refractivity contribution in [2.24, 2.45) is 0 Å². The van der Waals surface area contributed by atoms with Crippen molar-refractivity contribution in [3.63, 3.8) is 0 Å². The van der Waals surface area contributed by atoms with Crippen molar-refractivity contribution < 1.29 is 19.4 Å². The van der Waals surface area contributed by atoms with Gasteiger partial charge in [-0.3, -0.25) is 4.79 Å². The molecular formula is C19H23NO4. The lowest BCUT2D eigenvalue weighted by molar-refractivity contribution is -0.123. The molecule has 24 heavy (non-hydrogen) atoms. The van der Waals surface area contributed by atoms with E-state index >= 15 is 0 Å². The Hall–Kier alpha value is -2.53. The van der Waals surface area contributed by atoms with Crippen molar-refractivity contribution in [3.8, 4) is 11.5 Å². The first-order chi connectivity index (χ1) is 11.6. The van der Waals surface area contributed by atoms with Gasteiger partial charge in [-0.05, 0) is 30.2 Å². The molecule has 0 bridgehead atoms. The van der Waals surface area contributed by atoms with Gasteiger partial charge < -0.3 is 19.9 Å². The Morgan fingerprint density at radius 3 is 2.29 bits per heavy atom. The molecule has 5 nitrogen and oxygen atoms in total. The molecule has 0 heterocycles. The Labute approximate surface area is 142 Å². The number of rotatable bonds is 7. The minimum Gasteiger partial charge on any atom is -0.493 e. The second-order valence-corrected chi connectivity index (χ2v) is 5.49. The molecule has 0 unspecified atom stereocenters. The highest BCUT2D eigenvalue weighted by molar-refractivity contribution is 5.83. The van der Waals surface area contributed by atoms with Crippen molar-refractivity contribution in [1.29, 1.82) is 0 Å². The van der Waals surface area contributed by atoms with Crippen LogP contribution in [-0.4, -0.2) is 31.8 Å². The standard InChI is InChI=1S/C19H23NO4/c1-13(15-9-10-17(23-2)18(11-15)24-3)19(22)20-16(12-21)14-7-5-4-6-8-14/h4-11,13,16,21H,12H2,1-3H3,(H,20,22)/t13-,16+/m1/s1. The number of aliphatic hydroxyl groups is 1. The molecule has 0 spiro atoms. The summed E-state index contributed by atoms with van der Waals surface area (Å²) >= 11 is 0. The van der Waals surface area contributed by atoms with E-state index < -0.39 is 6.04 Å². The second kappa shape index (κ2) is 8.36. The summed E-state index contributed by atoms with van der Waals surface area (Å²) in [5, 5.41) is 12.5. The maximum Gasteiger partial charge on any atom is 0.227 e. The molecule has 2 N–H and O–H groups in total. The molecule has 0 aliphatic rings. The first kappa shape index (κ1) is 17.8. The third kappa shape index (κ3) is 4.06. The smallest absolute Gasteiger partial charge is 0.227 e. The van der Waals surface area contributed by atoms with Gasteiger partial charge in [0.25, 0.3) is 0 Å². The number of carbonyl (C=O) groups is 1. The maximum absolute atomic E-state index is 12.5. The summed E-state index contributed by atoms with van der Waals surface area (Å²) < 4.78 is 10.5. The van der Waals surface area contributed by atoms with Crippen LogP contribution in [0, 0.1) is 0 Å². The van der Waals surface area contributed by atoms with Gasteiger partial charge in [0.15, 0.2) is 11.5 Å². The van der Waals surface area contributed by atoms with Crippen LogP contribution in [-0.2, 0) is 4.79 Å². The molecule has 0 saturated heterocycles. The summed E-state index contributed by atoms with van der Waals surface area (Å²) in [5.74, 6) is 0.649. The predicted molar refractivity (Wildman–Crippen MR) is 92.4 cm³/mol. The minimum absolute atomic E-state index is 0.158. The van der Waals surface area contributed by atoms with E-state index in [1.165, 1.54) is 0 Å². The molecule has 0 aliphatic heterocycles. The number of ether oxygens (including phenoxy) is 2. The van der Waals surface area contributed by atoms with Gasteiger partial charge in [-0.15, -0.1) is 0 Å². The van der Waals surface area contributed by atoms with Crippen molar-refractivity contribution >= 4 is 5.91 Å². The van der Waals surface area contributed by atoms with Crippen LogP contribution in [0.5, 0.6) is 11.5 Å². The van der Waals surface area contributed by atoms with Gasteiger partial charge in [-0.1, -0.05) is 36.4 Å². The number of hydrogen-bond donors (Lipinski definition) is 2. The fourth-order valence-electron chi connectivity index (χ4n) is 2.49. The van der Waals surface area contributed by atoms with Crippen LogP contribution in [0.15, 0.2) is 48.5 Å². The van der Waals surface area contributed by atoms with Gasteiger partial charge in [0.05, 0.1) is 32.8 Å². The van der Waals surface area contributed by atoms with E-state index in [0.29, 0.717) is 11.5 Å². The van der Waals surface area contributed by atoms with E-state index in [2.05, 4.69) is 5.32 Å². The van der Waals surface area contributed by atoms with Crippen LogP contribution < -0.4 is 14.8 Å². The molecule has 0 aliphatic carbocycles. The SMILES string of the molecule is COc1ccc([C@@H](C)C(=O)N[C@@H](CO)c2ccccc2)cc1OC. The molecule has 0 fully saturated rings. The Bertz CT molecular complexity index is 672. The Kier molecular flexibility index (Phi) is 6.21. The van der Waals surface area contributed by atoms with Gasteiger partial charge in [0.2, 0.25) is 5.91 Å². The quantitative estimate of drug-likeness (QED) is 0.819. The van der Waals surface area contributed by atoms with Crippen LogP contribution in [0.3, 0.4) is 0 Å². The van der Waals surface area contributed by atoms with Gasteiger partial charge in [0.1, 0.15) is 0 Å². The van der Waals surface area contributed by atoms with Crippen LogP contribution in [0.25, 0.3) is 0 Å². The first-order valence-corrected chi connectivity index (χ1v) is 7.78. The van der Waals surface area contributed by atoms with Crippen LogP contribution >= 0.6 is 0 Å². The van der Waals surface area contributed by atoms with Gasteiger partial charge in [-0.2, -0.15) is 0 Å². The summed E-state index contributed by atoms with van der Waals surface area (Å²) in [6.45, 7) is 1.66. The average Bonchev–Trinajstić information content (AvgIpc) is 2.65. The fraction of sp³-hybridized carbons (Fsp3) is 0.316. The van der Waals surface area contributed by atoms with E-state index in [1.54, 1.807) is 26.4 Å². The first-order valence-electron chi connectivity index (χ1n) is 7.78. The van der Waals surface area contributed by atoms with E-state index in [0.717, 1.165) is 11.1 Å². The Morgan fingerprint density at radius 1 is 1.04 bits per heavy atom. The molecule has 2 rings (SSSR count). The van der Waals surface area contributed by atoms with Crippen molar-refractivity contribution in [1.82, 2.24) is 5.32 Å². The van der Waals surface area contributed by atoms with Gasteiger partial charge in [0, 0.05) is 0 Å². The van der Waals surface area contributed by atoms with E-state index in [4.69, 9.17) is 9.47 Å². The monoisotopic (exact) mass is 329 g/mol. The molecule has 2 aromatic rings. The summed E-state index contributed by atoms with van der Waals surface area (Å²) in [5.41, 5.74) is 1.68. The highest BCUT2D eigenvalue weighted by Crippen LogP contribution is 2.30. The van der Waals surface area contributed by atoms with Crippen LogP contribution in [0.2, 0.25) is 0 Å². The van der Waals surface area contributed by atoms with Crippen LogP contribution in [0.1, 0.15) is 30.0 Å². The molecule has 2 aromatic carbocycles. The maximum atomic E-state index is 12.5. The van der Waals surface area contributed by atoms with Crippen molar-refractivity contribution in [2.45, 2.75) is 18.9 Å². The molecule has 0 saturated carbocycles. The normalized spacial score (nSPS) is 13.0. The molecule has 2 atom stereocenters. The number of nitrogens with one attached hydrogen (secondary N) is 1. The minimum atomic E-state index is -0.429. The summed E-state index contributed by atoms with van der Waals surface area (Å²) in [7, 11) is 3.13. The van der Waals surface area contributed by atoms with Crippen molar-refractivity contribution in [2.75, 3.05) is 20.8 Å². The number of carbonyl (C=O) groups excluding carboxylic acids is 1. The van der Waals surface area contributed by atoms with E-state index in [1.807, 2.05) is 43.3 Å². The lowest BCUT2D eigenvalue weighted by Gasteiger charge is -2.20. The highest BCUT2D eigenvalue weighted by Gasteiger charge is 2.21. The van der Waals surface area contributed by atoms with Crippen molar-refractivity contribution in [3.05, 3.63) is 59.7 Å². The van der Waals surface area contributed by atoms with E-state index in [-0.39, 0.29) is 18.4 Å². The summed E-state index contributed by atoms with van der Waals surface area (Å²) in [4.78, 5) is 12.5. The zero-order chi connectivity index (χ0) is 17.5. The topological polar surface area (TPSA) is 67.8 Å². The molecular weight excluding hydrogens is 306 g/mol. The number of methoxy groups -OCH3 is 2. The van der Waals surface area contributed by atoms with Gasteiger partial charge >= 0.3 is 0 Å². The lowest BCUT2D eigenvalue weighted by atomic mass is 9.98. The molecule has 5 heteroatoms. The third-order valence-electron chi connectivity index (χ3n) is 4.00. The Morgan fingerprint density at radius 2 is 1.71 bits per heavy atom. The number of aliphatic hydroxyl groups excluding tert-OH is 1. The number of hydrogen-bond acceptors (Lipinski definition) is 4. The summed E-state index contributed by atoms with van der Waals surface area (Å²) in [6, 6.07) is 14.4. The average molecular weight is 329 g/mol. The summed E-state index contributed by atoms with van der Waals surface area (Å²) in [6.07, 6.45) is 0. The zero-order valence-corrected chi connectivity index (χ0v) is 14.2. The number of benzene rings is 2. The third-order valence-corrected chi connectivity index (χ3v) is 4.00. The zero-order valence-electron chi connectivity index (χ0n) is 14.2. The Balaban J connectivity index is 2.14. The second-order valence-electron chi connectivity index (χ2n) is 5.49. The fourth-order valence-corrected chi connectivity index (χ4v) is 2.49. The largest absolute Gasteiger partial charge is 0.493 e. The molecule has 128 valence electrons. The predicted octanol–water partition coefficient (Wildman–Crippen LogP) is 2.66. The number of amides is 1. The molecule has 1 amide bonds. The van der Waals surface area contributed by atoms with Crippen LogP contribution in [0.4, 0.5) is 0 Å². The molecule has 0 aromatic heterocycles. The highest BCUT2D eigenvalue weighted by atomic mass is 16.5. The van der Waals surface area contributed by atoms with E-state index in [9.17, 15) is 9.90 Å². The van der Waals surface area contributed by atoms with Gasteiger partial charge in [-0.25, -0.2) is 0 Å². The lowest BCUT2D eigenvalue weighted by Crippen LogP contribution is -2.33.